The fraction of sp³-hybridized carbons (Fsp3) is 0.222. The first kappa shape index (κ1) is 18.6. The van der Waals surface area contributed by atoms with Crippen molar-refractivity contribution in [3.63, 3.8) is 0 Å². The zero-order valence-electron chi connectivity index (χ0n) is 14.6. The number of halogens is 1. The maximum atomic E-state index is 12.5. The van der Waals surface area contributed by atoms with E-state index in [9.17, 15) is 14.9 Å². The van der Waals surface area contributed by atoms with Crippen LogP contribution in [0.3, 0.4) is 0 Å². The second-order valence-corrected chi connectivity index (χ2v) is 7.58. The van der Waals surface area contributed by atoms with E-state index >= 15 is 0 Å². The molecule has 4 rings (SSSR count). The standard InChI is InChI=1S/C18H15ClN4O4S/c19-14-9-12(23(25)26)1-3-13(14)17(24)21-18-20-15-4-2-11(10-16(15)28-18)22-5-7-27-8-6-22/h1-4,9-10H,5-8H2,(H,20,21,24). The summed E-state index contributed by atoms with van der Waals surface area (Å²) in [6.07, 6.45) is 0. The molecule has 1 amide bonds. The molecule has 10 heteroatoms. The van der Waals surface area contributed by atoms with E-state index in [0.29, 0.717) is 18.3 Å². The Hall–Kier alpha value is -2.75. The van der Waals surface area contributed by atoms with E-state index in [1.807, 2.05) is 18.2 Å². The van der Waals surface area contributed by atoms with Crippen LogP contribution in [0.1, 0.15) is 10.4 Å². The minimum atomic E-state index is -0.562. The summed E-state index contributed by atoms with van der Waals surface area (Å²) in [7, 11) is 0. The predicted molar refractivity (Wildman–Crippen MR) is 109 cm³/mol. The van der Waals surface area contributed by atoms with Crippen molar-refractivity contribution in [3.05, 3.63) is 57.1 Å². The summed E-state index contributed by atoms with van der Waals surface area (Å²) in [4.78, 5) is 29.4. The number of benzene rings is 2. The van der Waals surface area contributed by atoms with Crippen molar-refractivity contribution in [3.8, 4) is 0 Å². The first-order valence-corrected chi connectivity index (χ1v) is 9.69. The number of hydrogen-bond acceptors (Lipinski definition) is 7. The van der Waals surface area contributed by atoms with Crippen LogP contribution in [0, 0.1) is 10.1 Å². The lowest BCUT2D eigenvalue weighted by Gasteiger charge is -2.28. The number of fused-ring (bicyclic) bond motifs is 1. The van der Waals surface area contributed by atoms with E-state index in [-0.39, 0.29) is 16.3 Å². The van der Waals surface area contributed by atoms with Gasteiger partial charge in [0.25, 0.3) is 11.6 Å². The Labute approximate surface area is 168 Å². The average molecular weight is 419 g/mol. The lowest BCUT2D eigenvalue weighted by Crippen LogP contribution is -2.36. The number of aromatic nitrogens is 1. The van der Waals surface area contributed by atoms with Gasteiger partial charge in [-0.05, 0) is 24.3 Å². The van der Waals surface area contributed by atoms with Gasteiger partial charge in [0, 0.05) is 30.9 Å². The second kappa shape index (κ2) is 7.70. The molecule has 1 aliphatic heterocycles. The summed E-state index contributed by atoms with van der Waals surface area (Å²) in [5.41, 5.74) is 1.86. The van der Waals surface area contributed by atoms with Crippen LogP contribution < -0.4 is 10.2 Å². The van der Waals surface area contributed by atoms with Gasteiger partial charge in [0.2, 0.25) is 0 Å². The lowest BCUT2D eigenvalue weighted by molar-refractivity contribution is -0.384. The van der Waals surface area contributed by atoms with Crippen LogP contribution in [0.4, 0.5) is 16.5 Å². The topological polar surface area (TPSA) is 97.6 Å². The Bertz CT molecular complexity index is 1060. The molecule has 1 N–H and O–H groups in total. The Morgan fingerprint density at radius 3 is 2.75 bits per heavy atom. The molecule has 2 heterocycles. The van der Waals surface area contributed by atoms with Gasteiger partial charge in [-0.3, -0.25) is 20.2 Å². The summed E-state index contributed by atoms with van der Waals surface area (Å²) in [5.74, 6) is -0.465. The van der Waals surface area contributed by atoms with Crippen LogP contribution in [0.5, 0.6) is 0 Å². The highest BCUT2D eigenvalue weighted by atomic mass is 35.5. The third-order valence-corrected chi connectivity index (χ3v) is 5.62. The molecule has 1 aliphatic rings. The van der Waals surface area contributed by atoms with Gasteiger partial charge in [-0.15, -0.1) is 0 Å². The summed E-state index contributed by atoms with van der Waals surface area (Å²) >= 11 is 7.38. The van der Waals surface area contributed by atoms with Crippen LogP contribution in [-0.2, 0) is 4.74 Å². The van der Waals surface area contributed by atoms with Gasteiger partial charge in [0.1, 0.15) is 0 Å². The predicted octanol–water partition coefficient (Wildman–Crippen LogP) is 3.95. The first-order chi connectivity index (χ1) is 13.5. The van der Waals surface area contributed by atoms with Crippen LogP contribution >= 0.6 is 22.9 Å². The van der Waals surface area contributed by atoms with Crippen molar-refractivity contribution < 1.29 is 14.5 Å². The maximum Gasteiger partial charge on any atom is 0.270 e. The largest absolute Gasteiger partial charge is 0.378 e. The number of nitrogens with one attached hydrogen (secondary N) is 1. The Kier molecular flexibility index (Phi) is 5.12. The summed E-state index contributed by atoms with van der Waals surface area (Å²) in [6.45, 7) is 3.09. The van der Waals surface area contributed by atoms with Gasteiger partial charge in [-0.2, -0.15) is 0 Å². The van der Waals surface area contributed by atoms with Crippen molar-refractivity contribution in [2.45, 2.75) is 0 Å². The molecule has 0 radical (unpaired) electrons. The van der Waals surface area contributed by atoms with E-state index < -0.39 is 10.8 Å². The van der Waals surface area contributed by atoms with Crippen LogP contribution in [0.2, 0.25) is 5.02 Å². The SMILES string of the molecule is O=C(Nc1nc2ccc(N3CCOCC3)cc2s1)c1ccc([N+](=O)[O-])cc1Cl. The Morgan fingerprint density at radius 1 is 1.25 bits per heavy atom. The number of nitro groups is 1. The molecule has 0 unspecified atom stereocenters. The van der Waals surface area contributed by atoms with Gasteiger partial charge < -0.3 is 9.64 Å². The monoisotopic (exact) mass is 418 g/mol. The van der Waals surface area contributed by atoms with Crippen molar-refractivity contribution in [2.24, 2.45) is 0 Å². The molecule has 0 saturated carbocycles. The Balaban J connectivity index is 1.54. The number of thiazole rings is 1. The highest BCUT2D eigenvalue weighted by molar-refractivity contribution is 7.22. The van der Waals surface area contributed by atoms with Crippen molar-refractivity contribution in [1.29, 1.82) is 0 Å². The first-order valence-electron chi connectivity index (χ1n) is 8.50. The molecular formula is C18H15ClN4O4S. The van der Waals surface area contributed by atoms with Crippen LogP contribution in [-0.4, -0.2) is 42.1 Å². The number of amides is 1. The molecule has 0 bridgehead atoms. The fourth-order valence-electron chi connectivity index (χ4n) is 2.95. The van der Waals surface area contributed by atoms with Crippen molar-refractivity contribution in [2.75, 3.05) is 36.5 Å². The molecule has 8 nitrogen and oxygen atoms in total. The number of carbonyl (C=O) groups excluding carboxylic acids is 1. The number of anilines is 2. The zero-order valence-corrected chi connectivity index (χ0v) is 16.1. The van der Waals surface area contributed by atoms with Gasteiger partial charge in [-0.25, -0.2) is 4.98 Å². The molecular weight excluding hydrogens is 404 g/mol. The summed E-state index contributed by atoms with van der Waals surface area (Å²) in [5, 5.41) is 14.0. The quantitative estimate of drug-likeness (QED) is 0.509. The van der Waals surface area contributed by atoms with Crippen molar-refractivity contribution in [1.82, 2.24) is 4.98 Å². The number of nitro benzene ring substituents is 1. The van der Waals surface area contributed by atoms with Gasteiger partial charge in [0.15, 0.2) is 5.13 Å². The number of nitrogens with zero attached hydrogens (tertiary/aromatic N) is 3. The van der Waals surface area contributed by atoms with E-state index in [4.69, 9.17) is 16.3 Å². The van der Waals surface area contributed by atoms with E-state index in [2.05, 4.69) is 15.2 Å². The second-order valence-electron chi connectivity index (χ2n) is 6.15. The number of carbonyl (C=O) groups is 1. The molecule has 2 aromatic carbocycles. The minimum absolute atomic E-state index is 0.0161. The molecule has 144 valence electrons. The molecule has 1 aromatic heterocycles. The summed E-state index contributed by atoms with van der Waals surface area (Å²) < 4.78 is 6.33. The van der Waals surface area contributed by atoms with Crippen LogP contribution in [0.25, 0.3) is 10.2 Å². The molecule has 0 atom stereocenters. The van der Waals surface area contributed by atoms with Gasteiger partial charge >= 0.3 is 0 Å². The highest BCUT2D eigenvalue weighted by Gasteiger charge is 2.17. The number of rotatable bonds is 4. The molecule has 0 aliphatic carbocycles. The number of ether oxygens (including phenoxy) is 1. The van der Waals surface area contributed by atoms with Crippen LogP contribution in [0.15, 0.2) is 36.4 Å². The Morgan fingerprint density at radius 2 is 2.04 bits per heavy atom. The highest BCUT2D eigenvalue weighted by Crippen LogP contribution is 2.31. The third kappa shape index (κ3) is 3.77. The average Bonchev–Trinajstić information content (AvgIpc) is 3.09. The van der Waals surface area contributed by atoms with E-state index in [1.165, 1.54) is 23.5 Å². The fourth-order valence-corrected chi connectivity index (χ4v) is 4.11. The normalized spacial score (nSPS) is 14.2. The number of non-ortho nitro benzene ring substituents is 1. The third-order valence-electron chi connectivity index (χ3n) is 4.38. The van der Waals surface area contributed by atoms with E-state index in [1.54, 1.807) is 0 Å². The van der Waals surface area contributed by atoms with Gasteiger partial charge in [-0.1, -0.05) is 22.9 Å². The number of hydrogen-bond donors (Lipinski definition) is 1. The summed E-state index contributed by atoms with van der Waals surface area (Å²) in [6, 6.07) is 9.71. The van der Waals surface area contributed by atoms with Gasteiger partial charge in [0.05, 0.1) is 38.9 Å². The smallest absolute Gasteiger partial charge is 0.270 e. The maximum absolute atomic E-state index is 12.5. The van der Waals surface area contributed by atoms with Crippen molar-refractivity contribution >= 4 is 55.6 Å². The molecule has 3 aromatic rings. The molecule has 28 heavy (non-hydrogen) atoms. The minimum Gasteiger partial charge on any atom is -0.378 e. The molecule has 1 saturated heterocycles. The zero-order chi connectivity index (χ0) is 19.7. The lowest BCUT2D eigenvalue weighted by atomic mass is 10.2. The number of morpholine rings is 1. The molecule has 0 spiro atoms. The van der Waals surface area contributed by atoms with E-state index in [0.717, 1.165) is 35.1 Å². The molecule has 1 fully saturated rings.